The van der Waals surface area contributed by atoms with Gasteiger partial charge in [0.15, 0.2) is 0 Å². The first kappa shape index (κ1) is 20.4. The number of anilines is 1. The zero-order valence-corrected chi connectivity index (χ0v) is 15.7. The molecule has 0 bridgehead atoms. The molecule has 0 N–H and O–H groups in total. The van der Waals surface area contributed by atoms with Gasteiger partial charge in [-0.3, -0.25) is 24.5 Å². The second-order valence-electron chi connectivity index (χ2n) is 6.50. The third-order valence-electron chi connectivity index (χ3n) is 4.67. The Balaban J connectivity index is 1.88. The average molecular weight is 404 g/mol. The van der Waals surface area contributed by atoms with Crippen molar-refractivity contribution in [3.8, 4) is 6.07 Å². The number of amides is 3. The van der Waals surface area contributed by atoms with Crippen LogP contribution in [0.1, 0.15) is 22.3 Å². The summed E-state index contributed by atoms with van der Waals surface area (Å²) in [7, 11) is 0. The van der Waals surface area contributed by atoms with E-state index >= 15 is 0 Å². The number of nitriles is 1. The van der Waals surface area contributed by atoms with Gasteiger partial charge in [-0.1, -0.05) is 6.08 Å². The zero-order valence-electron chi connectivity index (χ0n) is 15.7. The summed E-state index contributed by atoms with van der Waals surface area (Å²) in [6.45, 7) is 3.62. The van der Waals surface area contributed by atoms with E-state index in [0.717, 1.165) is 4.90 Å². The monoisotopic (exact) mass is 404 g/mol. The third-order valence-corrected chi connectivity index (χ3v) is 4.67. The average Bonchev–Trinajstić information content (AvgIpc) is 3.05. The zero-order chi connectivity index (χ0) is 21.8. The number of carbonyl (C=O) groups excluding carboxylic acids is 3. The van der Waals surface area contributed by atoms with Gasteiger partial charge in [0.2, 0.25) is 5.91 Å². The number of nitro groups is 1. The topological polar surface area (TPSA) is 125 Å². The number of hydrogen-bond acceptors (Lipinski definition) is 6. The van der Waals surface area contributed by atoms with E-state index in [1.165, 1.54) is 59.5 Å². The molecule has 3 rings (SSSR count). The lowest BCUT2D eigenvalue weighted by Gasteiger charge is -2.26. The van der Waals surface area contributed by atoms with Gasteiger partial charge < -0.3 is 4.90 Å². The van der Waals surface area contributed by atoms with Gasteiger partial charge in [-0.25, -0.2) is 4.90 Å². The summed E-state index contributed by atoms with van der Waals surface area (Å²) in [4.78, 5) is 50.9. The van der Waals surface area contributed by atoms with Crippen molar-refractivity contribution in [2.45, 2.75) is 12.5 Å². The molecule has 2 aromatic carbocycles. The Kier molecular flexibility index (Phi) is 5.69. The largest absolute Gasteiger partial charge is 0.322 e. The fourth-order valence-corrected chi connectivity index (χ4v) is 3.20. The van der Waals surface area contributed by atoms with Crippen molar-refractivity contribution in [2.24, 2.45) is 0 Å². The summed E-state index contributed by atoms with van der Waals surface area (Å²) >= 11 is 0. The predicted octanol–water partition coefficient (Wildman–Crippen LogP) is 2.43. The third kappa shape index (κ3) is 3.79. The molecule has 1 atom stereocenters. The molecule has 0 aliphatic carbocycles. The van der Waals surface area contributed by atoms with E-state index in [1.54, 1.807) is 0 Å². The van der Waals surface area contributed by atoms with Crippen LogP contribution in [-0.4, -0.2) is 40.1 Å². The van der Waals surface area contributed by atoms with Crippen LogP contribution in [0.2, 0.25) is 0 Å². The number of imide groups is 1. The second-order valence-corrected chi connectivity index (χ2v) is 6.50. The molecule has 1 aliphatic heterocycles. The van der Waals surface area contributed by atoms with E-state index in [0.29, 0.717) is 11.3 Å². The molecule has 2 aromatic rings. The normalized spacial score (nSPS) is 15.6. The Morgan fingerprint density at radius 2 is 1.87 bits per heavy atom. The van der Waals surface area contributed by atoms with Crippen LogP contribution in [0.15, 0.2) is 61.2 Å². The lowest BCUT2D eigenvalue weighted by Crippen LogP contribution is -2.45. The SMILES string of the molecule is C=CCN(C(=O)c1ccc([N+](=O)[O-])cc1)C1CC(=O)N(c2ccc(C#N)cc2)C1=O. The maximum Gasteiger partial charge on any atom is 0.269 e. The molecule has 0 radical (unpaired) electrons. The first-order chi connectivity index (χ1) is 14.4. The summed E-state index contributed by atoms with van der Waals surface area (Å²) in [5.41, 5.74) is 0.685. The van der Waals surface area contributed by atoms with Crippen molar-refractivity contribution in [1.29, 1.82) is 5.26 Å². The first-order valence-corrected chi connectivity index (χ1v) is 8.90. The predicted molar refractivity (Wildman–Crippen MR) is 106 cm³/mol. The Bertz CT molecular complexity index is 1070. The Morgan fingerprint density at radius 1 is 1.23 bits per heavy atom. The lowest BCUT2D eigenvalue weighted by atomic mass is 10.1. The number of carbonyl (C=O) groups is 3. The smallest absolute Gasteiger partial charge is 0.269 e. The molecule has 0 saturated carbocycles. The van der Waals surface area contributed by atoms with Crippen LogP contribution in [0.5, 0.6) is 0 Å². The molecular weight excluding hydrogens is 388 g/mol. The van der Waals surface area contributed by atoms with Gasteiger partial charge in [0.25, 0.3) is 17.5 Å². The minimum absolute atomic E-state index is 0.0146. The van der Waals surface area contributed by atoms with Crippen molar-refractivity contribution >= 4 is 29.1 Å². The van der Waals surface area contributed by atoms with Gasteiger partial charge in [0.05, 0.1) is 28.7 Å². The van der Waals surface area contributed by atoms with Crippen LogP contribution in [0.3, 0.4) is 0 Å². The van der Waals surface area contributed by atoms with Gasteiger partial charge in [0.1, 0.15) is 6.04 Å². The molecular formula is C21H16N4O5. The minimum Gasteiger partial charge on any atom is -0.322 e. The van der Waals surface area contributed by atoms with Crippen LogP contribution < -0.4 is 4.90 Å². The van der Waals surface area contributed by atoms with E-state index in [4.69, 9.17) is 5.26 Å². The maximum atomic E-state index is 13.0. The standard InChI is InChI=1S/C21H16N4O5/c1-2-11-23(20(27)15-5-9-17(10-6-15)25(29)30)18-12-19(26)24(21(18)28)16-7-3-14(13-22)4-8-16/h2-10,18H,1,11-12H2. The van der Waals surface area contributed by atoms with Crippen molar-refractivity contribution in [3.05, 3.63) is 82.4 Å². The molecule has 9 heteroatoms. The summed E-state index contributed by atoms with van der Waals surface area (Å²) in [6, 6.07) is 11.9. The molecule has 1 saturated heterocycles. The fraction of sp³-hybridized carbons (Fsp3) is 0.143. The first-order valence-electron chi connectivity index (χ1n) is 8.90. The summed E-state index contributed by atoms with van der Waals surface area (Å²) in [6.07, 6.45) is 1.23. The van der Waals surface area contributed by atoms with Crippen LogP contribution in [0, 0.1) is 21.4 Å². The van der Waals surface area contributed by atoms with Crippen molar-refractivity contribution in [3.63, 3.8) is 0 Å². The Hall–Kier alpha value is -4.32. The number of hydrogen-bond donors (Lipinski definition) is 0. The van der Waals surface area contributed by atoms with Crippen molar-refractivity contribution in [1.82, 2.24) is 4.90 Å². The van der Waals surface area contributed by atoms with Gasteiger partial charge in [0, 0.05) is 24.2 Å². The number of nitrogens with zero attached hydrogens (tertiary/aromatic N) is 4. The van der Waals surface area contributed by atoms with E-state index in [9.17, 15) is 24.5 Å². The van der Waals surface area contributed by atoms with E-state index in [1.807, 2.05) is 6.07 Å². The molecule has 150 valence electrons. The molecule has 1 heterocycles. The Morgan fingerprint density at radius 3 is 2.40 bits per heavy atom. The maximum absolute atomic E-state index is 13.0. The van der Waals surface area contributed by atoms with Gasteiger partial charge >= 0.3 is 0 Å². The molecule has 0 spiro atoms. The van der Waals surface area contributed by atoms with Gasteiger partial charge in [-0.05, 0) is 36.4 Å². The fourth-order valence-electron chi connectivity index (χ4n) is 3.20. The van der Waals surface area contributed by atoms with Gasteiger partial charge in [-0.2, -0.15) is 5.26 Å². The molecule has 3 amide bonds. The van der Waals surface area contributed by atoms with E-state index in [2.05, 4.69) is 6.58 Å². The number of benzene rings is 2. The highest BCUT2D eigenvalue weighted by Crippen LogP contribution is 2.27. The summed E-state index contributed by atoms with van der Waals surface area (Å²) < 4.78 is 0. The second kappa shape index (κ2) is 8.36. The van der Waals surface area contributed by atoms with Gasteiger partial charge in [-0.15, -0.1) is 6.58 Å². The molecule has 1 unspecified atom stereocenters. The minimum atomic E-state index is -1.03. The van der Waals surface area contributed by atoms with Crippen LogP contribution in [-0.2, 0) is 9.59 Å². The van der Waals surface area contributed by atoms with E-state index < -0.39 is 28.7 Å². The van der Waals surface area contributed by atoms with Crippen molar-refractivity contribution in [2.75, 3.05) is 11.4 Å². The number of rotatable bonds is 6. The van der Waals surface area contributed by atoms with Crippen LogP contribution >= 0.6 is 0 Å². The van der Waals surface area contributed by atoms with Crippen LogP contribution in [0.4, 0.5) is 11.4 Å². The highest BCUT2D eigenvalue weighted by Gasteiger charge is 2.44. The number of non-ortho nitro benzene ring substituents is 1. The molecule has 0 aromatic heterocycles. The highest BCUT2D eigenvalue weighted by atomic mass is 16.6. The lowest BCUT2D eigenvalue weighted by molar-refractivity contribution is -0.384. The molecule has 1 aliphatic rings. The molecule has 30 heavy (non-hydrogen) atoms. The quantitative estimate of drug-likeness (QED) is 0.315. The van der Waals surface area contributed by atoms with Crippen LogP contribution in [0.25, 0.3) is 0 Å². The number of nitro benzene ring substituents is 1. The molecule has 1 fully saturated rings. The van der Waals surface area contributed by atoms with Crippen molar-refractivity contribution < 1.29 is 19.3 Å². The summed E-state index contributed by atoms with van der Waals surface area (Å²) in [5, 5.41) is 19.7. The summed E-state index contributed by atoms with van der Waals surface area (Å²) in [5.74, 6) is -1.58. The van der Waals surface area contributed by atoms with E-state index in [-0.39, 0.29) is 24.2 Å². The molecule has 9 nitrogen and oxygen atoms in total. The Labute approximate surface area is 171 Å². The highest BCUT2D eigenvalue weighted by molar-refractivity contribution is 6.23.